The zero-order valence-corrected chi connectivity index (χ0v) is 24.7. The summed E-state index contributed by atoms with van der Waals surface area (Å²) < 4.78 is 13.8. The van der Waals surface area contributed by atoms with Crippen LogP contribution in [-0.2, 0) is 9.53 Å². The van der Waals surface area contributed by atoms with Crippen molar-refractivity contribution in [1.82, 2.24) is 4.57 Å². The van der Waals surface area contributed by atoms with Gasteiger partial charge in [-0.15, -0.1) is 11.8 Å². The van der Waals surface area contributed by atoms with Crippen LogP contribution in [0.3, 0.4) is 0 Å². The van der Waals surface area contributed by atoms with Crippen LogP contribution in [0, 0.1) is 0 Å². The minimum absolute atomic E-state index is 0.208. The third-order valence-corrected chi connectivity index (χ3v) is 8.63. The number of rotatable bonds is 7. The molecule has 0 amide bonds. The number of nitrogens with zero attached hydrogens (tertiary/aromatic N) is 2. The van der Waals surface area contributed by atoms with E-state index in [1.54, 1.807) is 30.4 Å². The van der Waals surface area contributed by atoms with E-state index in [4.69, 9.17) is 14.5 Å². The van der Waals surface area contributed by atoms with Crippen molar-refractivity contribution in [1.29, 1.82) is 0 Å². The van der Waals surface area contributed by atoms with E-state index in [1.165, 1.54) is 11.3 Å². The average molecular weight is 622 g/mol. The molecule has 0 saturated heterocycles. The Bertz CT molecular complexity index is 1740. The molecule has 0 N–H and O–H groups in total. The Hall–Kier alpha value is -3.40. The highest BCUT2D eigenvalue weighted by atomic mass is 79.9. The van der Waals surface area contributed by atoms with Crippen LogP contribution >= 0.6 is 39.0 Å². The lowest BCUT2D eigenvalue weighted by Gasteiger charge is -2.26. The second-order valence-electron chi connectivity index (χ2n) is 8.60. The number of esters is 1. The van der Waals surface area contributed by atoms with Crippen LogP contribution < -0.4 is 19.6 Å². The third-order valence-electron chi connectivity index (χ3n) is 6.28. The van der Waals surface area contributed by atoms with Crippen LogP contribution in [0.25, 0.3) is 11.8 Å². The number of halogens is 1. The summed E-state index contributed by atoms with van der Waals surface area (Å²) in [6.07, 6.45) is 3.84. The molecule has 9 heteroatoms. The number of thioether (sulfide) groups is 1. The predicted octanol–water partition coefficient (Wildman–Crippen LogP) is 5.43. The van der Waals surface area contributed by atoms with Gasteiger partial charge in [0, 0.05) is 10.5 Å². The first-order chi connectivity index (χ1) is 18.9. The van der Waals surface area contributed by atoms with E-state index < -0.39 is 12.0 Å². The van der Waals surface area contributed by atoms with Crippen molar-refractivity contribution in [3.8, 4) is 5.75 Å². The van der Waals surface area contributed by atoms with Crippen molar-refractivity contribution in [2.45, 2.75) is 17.9 Å². The standard InChI is InChI=1S/C30H25BrN2O4S2/c1-4-37-29(35)25-26(19-8-6-5-7-9-19)32-30-33(27(25)20-11-13-21(38-3)14-12-20)28(34)24(39-30)17-18-10-15-23(36-2)22(31)16-18/h5-17,27H,4H2,1-3H3/b24-17-/t27-/m1/s1. The molecular weight excluding hydrogens is 596 g/mol. The van der Waals surface area contributed by atoms with Gasteiger partial charge in [0.1, 0.15) is 5.75 Å². The van der Waals surface area contributed by atoms with E-state index in [-0.39, 0.29) is 12.2 Å². The number of thiazole rings is 1. The molecule has 0 saturated carbocycles. The zero-order chi connectivity index (χ0) is 27.5. The fourth-order valence-corrected chi connectivity index (χ4v) is 6.43. The maximum absolute atomic E-state index is 14.0. The summed E-state index contributed by atoms with van der Waals surface area (Å²) in [7, 11) is 1.61. The van der Waals surface area contributed by atoms with Crippen LogP contribution in [0.4, 0.5) is 0 Å². The van der Waals surface area contributed by atoms with E-state index in [0.29, 0.717) is 26.4 Å². The molecule has 0 bridgehead atoms. The maximum atomic E-state index is 14.0. The quantitative estimate of drug-likeness (QED) is 0.204. The van der Waals surface area contributed by atoms with Gasteiger partial charge in [-0.25, -0.2) is 9.79 Å². The van der Waals surface area contributed by atoms with Crippen LogP contribution in [-0.4, -0.2) is 30.5 Å². The normalized spacial score (nSPS) is 15.1. The van der Waals surface area contributed by atoms with Gasteiger partial charge in [0.15, 0.2) is 4.80 Å². The average Bonchev–Trinajstić information content (AvgIpc) is 3.27. The summed E-state index contributed by atoms with van der Waals surface area (Å²) in [4.78, 5) is 34.0. The number of carbonyl (C=O) groups excluding carboxylic acids is 1. The first kappa shape index (κ1) is 27.2. The number of benzene rings is 3. The third kappa shape index (κ3) is 5.39. The molecule has 0 aliphatic carbocycles. The first-order valence-corrected chi connectivity index (χ1v) is 15.0. The van der Waals surface area contributed by atoms with E-state index in [1.807, 2.05) is 85.1 Å². The lowest BCUT2D eigenvalue weighted by Crippen LogP contribution is -2.40. The maximum Gasteiger partial charge on any atom is 0.338 e. The summed E-state index contributed by atoms with van der Waals surface area (Å²) in [6.45, 7) is 1.98. The summed E-state index contributed by atoms with van der Waals surface area (Å²) in [5.41, 5.74) is 3.04. The molecule has 39 heavy (non-hydrogen) atoms. The highest BCUT2D eigenvalue weighted by molar-refractivity contribution is 9.10. The van der Waals surface area contributed by atoms with Crippen LogP contribution in [0.1, 0.15) is 29.7 Å². The Morgan fingerprint density at radius 3 is 2.51 bits per heavy atom. The highest BCUT2D eigenvalue weighted by Gasteiger charge is 2.35. The van der Waals surface area contributed by atoms with Gasteiger partial charge in [-0.2, -0.15) is 0 Å². The first-order valence-electron chi connectivity index (χ1n) is 12.2. The number of hydrogen-bond donors (Lipinski definition) is 0. The summed E-state index contributed by atoms with van der Waals surface area (Å²) in [5.74, 6) is 0.210. The lowest BCUT2D eigenvalue weighted by atomic mass is 9.93. The zero-order valence-electron chi connectivity index (χ0n) is 21.5. The molecule has 4 aromatic rings. The van der Waals surface area contributed by atoms with Gasteiger partial charge in [0.25, 0.3) is 5.56 Å². The number of methoxy groups -OCH3 is 1. The molecule has 0 fully saturated rings. The van der Waals surface area contributed by atoms with Gasteiger partial charge in [0.05, 0.1) is 40.0 Å². The van der Waals surface area contributed by atoms with Gasteiger partial charge in [-0.1, -0.05) is 59.9 Å². The van der Waals surface area contributed by atoms with Crippen molar-refractivity contribution in [2.24, 2.45) is 4.99 Å². The van der Waals surface area contributed by atoms with Crippen molar-refractivity contribution in [3.63, 3.8) is 0 Å². The second kappa shape index (κ2) is 11.8. The molecule has 198 valence electrons. The van der Waals surface area contributed by atoms with E-state index in [2.05, 4.69) is 15.9 Å². The van der Waals surface area contributed by atoms with Gasteiger partial charge in [0.2, 0.25) is 0 Å². The molecule has 3 aromatic carbocycles. The minimum atomic E-state index is -0.698. The number of ether oxygens (including phenoxy) is 2. The monoisotopic (exact) mass is 620 g/mol. The number of aromatic nitrogens is 1. The molecule has 1 aliphatic rings. The van der Waals surface area contributed by atoms with Crippen LogP contribution in [0.15, 0.2) is 97.5 Å². The molecule has 1 aromatic heterocycles. The second-order valence-corrected chi connectivity index (χ2v) is 11.3. The van der Waals surface area contributed by atoms with Gasteiger partial charge in [-0.05, 0) is 70.6 Å². The van der Waals surface area contributed by atoms with Gasteiger partial charge >= 0.3 is 5.97 Å². The fraction of sp³-hybridized carbons (Fsp3) is 0.167. The number of hydrogen-bond acceptors (Lipinski definition) is 7. The van der Waals surface area contributed by atoms with Crippen LogP contribution in [0.2, 0.25) is 0 Å². The number of fused-ring (bicyclic) bond motifs is 1. The molecule has 2 heterocycles. The van der Waals surface area contributed by atoms with Crippen molar-refractivity contribution < 1.29 is 14.3 Å². The van der Waals surface area contributed by atoms with Crippen LogP contribution in [0.5, 0.6) is 5.75 Å². The Balaban J connectivity index is 1.79. The SMILES string of the molecule is CCOC(=O)C1=C(c2ccccc2)N=c2s/c(=C\c3ccc(OC)c(Br)c3)c(=O)n2[C@@H]1c1ccc(SC)cc1. The minimum Gasteiger partial charge on any atom is -0.496 e. The Kier molecular flexibility index (Phi) is 8.20. The van der Waals surface area contributed by atoms with Crippen molar-refractivity contribution in [3.05, 3.63) is 119 Å². The summed E-state index contributed by atoms with van der Waals surface area (Å²) in [5, 5.41) is 0. The lowest BCUT2D eigenvalue weighted by molar-refractivity contribution is -0.138. The van der Waals surface area contributed by atoms with Crippen molar-refractivity contribution in [2.75, 3.05) is 20.0 Å². The summed E-state index contributed by atoms with van der Waals surface area (Å²) >= 11 is 6.44. The highest BCUT2D eigenvalue weighted by Crippen LogP contribution is 2.35. The Labute approximate surface area is 242 Å². The molecule has 0 radical (unpaired) electrons. The molecule has 6 nitrogen and oxygen atoms in total. The topological polar surface area (TPSA) is 69.9 Å². The van der Waals surface area contributed by atoms with Crippen molar-refractivity contribution >= 4 is 56.8 Å². The fourth-order valence-electron chi connectivity index (χ4n) is 4.47. The molecular formula is C30H25BrN2O4S2. The Morgan fingerprint density at radius 2 is 1.87 bits per heavy atom. The number of carbonyl (C=O) groups is 1. The molecule has 5 rings (SSSR count). The largest absolute Gasteiger partial charge is 0.496 e. The smallest absolute Gasteiger partial charge is 0.338 e. The van der Waals surface area contributed by atoms with Gasteiger partial charge in [-0.3, -0.25) is 9.36 Å². The molecule has 1 atom stereocenters. The predicted molar refractivity (Wildman–Crippen MR) is 160 cm³/mol. The molecule has 0 unspecified atom stereocenters. The summed E-state index contributed by atoms with van der Waals surface area (Å²) in [6, 6.07) is 22.4. The molecule has 0 spiro atoms. The van der Waals surface area contributed by atoms with E-state index in [9.17, 15) is 9.59 Å². The van der Waals surface area contributed by atoms with Gasteiger partial charge < -0.3 is 9.47 Å². The Morgan fingerprint density at radius 1 is 1.13 bits per heavy atom. The van der Waals surface area contributed by atoms with E-state index in [0.717, 1.165) is 26.1 Å². The van der Waals surface area contributed by atoms with E-state index >= 15 is 0 Å². The molecule has 1 aliphatic heterocycles.